The van der Waals surface area contributed by atoms with Gasteiger partial charge in [0.2, 0.25) is 17.6 Å². The van der Waals surface area contributed by atoms with Gasteiger partial charge in [-0.05, 0) is 42.0 Å². The maximum atomic E-state index is 12.2. The van der Waals surface area contributed by atoms with Crippen molar-refractivity contribution in [1.29, 1.82) is 0 Å². The van der Waals surface area contributed by atoms with Crippen molar-refractivity contribution < 1.29 is 18.8 Å². The predicted octanol–water partition coefficient (Wildman–Crippen LogP) is 4.45. The molecule has 7 nitrogen and oxygen atoms in total. The van der Waals surface area contributed by atoms with E-state index in [1.807, 2.05) is 18.2 Å². The molecule has 30 heavy (non-hydrogen) atoms. The predicted molar refractivity (Wildman–Crippen MR) is 112 cm³/mol. The fraction of sp³-hybridized carbons (Fsp3) is 0.286. The van der Waals surface area contributed by atoms with Gasteiger partial charge in [-0.25, -0.2) is 0 Å². The topological polar surface area (TPSA) is 86.5 Å². The lowest BCUT2D eigenvalue weighted by Crippen LogP contribution is -2.23. The molecule has 0 unspecified atom stereocenters. The average molecular weight is 448 g/mol. The number of hydrogen-bond acceptors (Lipinski definition) is 6. The second kappa shape index (κ2) is 9.36. The molecule has 1 aliphatic heterocycles. The zero-order chi connectivity index (χ0) is 20.9. The molecular formula is C21H19Cl2N3O4. The van der Waals surface area contributed by atoms with Gasteiger partial charge in [-0.1, -0.05) is 28.4 Å². The van der Waals surface area contributed by atoms with Crippen molar-refractivity contribution >= 4 is 29.1 Å². The average Bonchev–Trinajstić information content (AvgIpc) is 3.08. The molecule has 1 aliphatic rings. The maximum absolute atomic E-state index is 12.2. The number of fused-ring (bicyclic) bond motifs is 1. The van der Waals surface area contributed by atoms with Crippen LogP contribution >= 0.6 is 23.2 Å². The van der Waals surface area contributed by atoms with Crippen molar-refractivity contribution in [2.45, 2.75) is 25.8 Å². The number of amides is 1. The van der Waals surface area contributed by atoms with E-state index in [4.69, 9.17) is 37.2 Å². The van der Waals surface area contributed by atoms with Gasteiger partial charge < -0.3 is 19.3 Å². The van der Waals surface area contributed by atoms with Gasteiger partial charge in [-0.2, -0.15) is 4.98 Å². The van der Waals surface area contributed by atoms with Gasteiger partial charge in [-0.3, -0.25) is 4.79 Å². The lowest BCUT2D eigenvalue weighted by atomic mass is 10.2. The Balaban J connectivity index is 1.30. The van der Waals surface area contributed by atoms with Crippen LogP contribution in [0, 0.1) is 0 Å². The van der Waals surface area contributed by atoms with Gasteiger partial charge in [0.15, 0.2) is 11.5 Å². The van der Waals surface area contributed by atoms with E-state index < -0.39 is 0 Å². The Kier molecular flexibility index (Phi) is 6.40. The Bertz CT molecular complexity index is 1040. The lowest BCUT2D eigenvalue weighted by molar-refractivity contribution is -0.121. The number of halogens is 2. The van der Waals surface area contributed by atoms with Gasteiger partial charge in [0.25, 0.3) is 0 Å². The Labute approximate surface area is 183 Å². The smallest absolute Gasteiger partial charge is 0.227 e. The lowest BCUT2D eigenvalue weighted by Gasteiger charge is -2.12. The van der Waals surface area contributed by atoms with Crippen LogP contribution in [0.4, 0.5) is 0 Å². The van der Waals surface area contributed by atoms with Crippen LogP contribution in [-0.2, 0) is 17.8 Å². The summed E-state index contributed by atoms with van der Waals surface area (Å²) < 4.78 is 16.5. The molecular weight excluding hydrogens is 429 g/mol. The molecule has 0 aliphatic carbocycles. The minimum absolute atomic E-state index is 0.135. The van der Waals surface area contributed by atoms with E-state index in [2.05, 4.69) is 15.5 Å². The first-order valence-corrected chi connectivity index (χ1v) is 10.3. The summed E-state index contributed by atoms with van der Waals surface area (Å²) in [6.45, 7) is 1.47. The van der Waals surface area contributed by atoms with E-state index in [0.29, 0.717) is 59.4 Å². The van der Waals surface area contributed by atoms with Crippen molar-refractivity contribution in [2.24, 2.45) is 0 Å². The van der Waals surface area contributed by atoms with Crippen LogP contribution in [0.15, 0.2) is 40.9 Å². The van der Waals surface area contributed by atoms with Gasteiger partial charge >= 0.3 is 0 Å². The summed E-state index contributed by atoms with van der Waals surface area (Å²) in [5.41, 5.74) is 1.63. The molecule has 0 fully saturated rings. The minimum atomic E-state index is -0.135. The first-order valence-electron chi connectivity index (χ1n) is 9.52. The molecule has 2 heterocycles. The van der Waals surface area contributed by atoms with Crippen LogP contribution in [0.1, 0.15) is 24.3 Å². The zero-order valence-corrected chi connectivity index (χ0v) is 17.5. The molecule has 3 aromatic rings. The van der Waals surface area contributed by atoms with Crippen LogP contribution in [0.25, 0.3) is 11.4 Å². The number of ether oxygens (including phenoxy) is 2. The highest BCUT2D eigenvalue weighted by Gasteiger charge is 2.16. The summed E-state index contributed by atoms with van der Waals surface area (Å²) >= 11 is 12.2. The number of carbonyl (C=O) groups excluding carboxylic acids is 1. The van der Waals surface area contributed by atoms with Crippen LogP contribution in [0.5, 0.6) is 11.5 Å². The second-order valence-electron chi connectivity index (χ2n) is 6.75. The van der Waals surface area contributed by atoms with E-state index in [1.165, 1.54) is 0 Å². The normalized spacial score (nSPS) is 13.0. The van der Waals surface area contributed by atoms with Gasteiger partial charge in [0, 0.05) is 36.4 Å². The van der Waals surface area contributed by atoms with Crippen LogP contribution in [0.3, 0.4) is 0 Å². The molecule has 0 saturated heterocycles. The third-order valence-electron chi connectivity index (χ3n) is 4.49. The van der Waals surface area contributed by atoms with E-state index in [1.54, 1.807) is 18.2 Å². The molecule has 2 aromatic carbocycles. The molecule has 1 amide bonds. The summed E-state index contributed by atoms with van der Waals surface area (Å²) in [5, 5.41) is 7.91. The third kappa shape index (κ3) is 5.04. The minimum Gasteiger partial charge on any atom is -0.489 e. The summed E-state index contributed by atoms with van der Waals surface area (Å²) in [6.07, 6.45) is 1.36. The first-order chi connectivity index (χ1) is 14.6. The highest BCUT2D eigenvalue weighted by molar-refractivity contribution is 6.32. The fourth-order valence-electron chi connectivity index (χ4n) is 2.97. The first kappa shape index (κ1) is 20.5. The fourth-order valence-corrected chi connectivity index (χ4v) is 3.38. The molecule has 4 rings (SSSR count). The molecule has 0 bridgehead atoms. The second-order valence-corrected chi connectivity index (χ2v) is 7.59. The van der Waals surface area contributed by atoms with E-state index in [0.717, 1.165) is 17.5 Å². The van der Waals surface area contributed by atoms with Crippen molar-refractivity contribution in [2.75, 3.05) is 13.2 Å². The van der Waals surface area contributed by atoms with Gasteiger partial charge in [0.1, 0.15) is 0 Å². The van der Waals surface area contributed by atoms with Crippen molar-refractivity contribution in [1.82, 2.24) is 15.5 Å². The molecule has 1 N–H and O–H groups in total. The molecule has 0 saturated carbocycles. The molecule has 1 aromatic heterocycles. The van der Waals surface area contributed by atoms with E-state index in [-0.39, 0.29) is 12.3 Å². The van der Waals surface area contributed by atoms with Crippen molar-refractivity contribution in [3.8, 4) is 22.9 Å². The largest absolute Gasteiger partial charge is 0.489 e. The van der Waals surface area contributed by atoms with Gasteiger partial charge in [0.05, 0.1) is 18.2 Å². The number of carbonyl (C=O) groups is 1. The van der Waals surface area contributed by atoms with Crippen LogP contribution < -0.4 is 14.8 Å². The standard InChI is InChI=1S/C21H19Cl2N3O4/c22-15-4-2-14(3-5-15)21-25-19(30-26-21)7-6-18(27)24-12-13-10-16(23)20-17(11-13)28-8-1-9-29-20/h2-5,10-11H,1,6-9,12H2,(H,24,27). The number of hydrogen-bond donors (Lipinski definition) is 1. The SMILES string of the molecule is O=C(CCc1nc(-c2ccc(Cl)cc2)no1)NCc1cc(Cl)c2c(c1)OCCCO2. The Hall–Kier alpha value is -2.77. The molecule has 0 spiro atoms. The Morgan fingerprint density at radius 3 is 2.73 bits per heavy atom. The molecule has 9 heteroatoms. The highest BCUT2D eigenvalue weighted by Crippen LogP contribution is 2.37. The third-order valence-corrected chi connectivity index (χ3v) is 5.02. The number of benzene rings is 2. The number of aryl methyl sites for hydroxylation is 1. The highest BCUT2D eigenvalue weighted by atomic mass is 35.5. The number of nitrogens with one attached hydrogen (secondary N) is 1. The molecule has 0 radical (unpaired) electrons. The van der Waals surface area contributed by atoms with E-state index >= 15 is 0 Å². The monoisotopic (exact) mass is 447 g/mol. The summed E-state index contributed by atoms with van der Waals surface area (Å²) in [4.78, 5) is 16.5. The summed E-state index contributed by atoms with van der Waals surface area (Å²) in [5.74, 6) is 1.88. The quantitative estimate of drug-likeness (QED) is 0.600. The van der Waals surface area contributed by atoms with Crippen molar-refractivity contribution in [3.05, 3.63) is 57.9 Å². The maximum Gasteiger partial charge on any atom is 0.227 e. The summed E-state index contributed by atoms with van der Waals surface area (Å²) in [6, 6.07) is 10.7. The van der Waals surface area contributed by atoms with E-state index in [9.17, 15) is 4.79 Å². The Morgan fingerprint density at radius 1 is 1.10 bits per heavy atom. The Morgan fingerprint density at radius 2 is 1.90 bits per heavy atom. The van der Waals surface area contributed by atoms with Crippen LogP contribution in [0.2, 0.25) is 10.0 Å². The molecule has 0 atom stereocenters. The van der Waals surface area contributed by atoms with Crippen LogP contribution in [-0.4, -0.2) is 29.3 Å². The summed E-state index contributed by atoms with van der Waals surface area (Å²) in [7, 11) is 0. The molecule has 156 valence electrons. The number of aromatic nitrogens is 2. The number of nitrogens with zero attached hydrogens (tertiary/aromatic N) is 2. The van der Waals surface area contributed by atoms with Gasteiger partial charge in [-0.15, -0.1) is 0 Å². The van der Waals surface area contributed by atoms with Crippen molar-refractivity contribution in [3.63, 3.8) is 0 Å². The number of rotatable bonds is 6. The zero-order valence-electron chi connectivity index (χ0n) is 16.0.